The molecule has 0 aliphatic heterocycles. The van der Waals surface area contributed by atoms with Crippen molar-refractivity contribution in [3.8, 4) is 0 Å². The van der Waals surface area contributed by atoms with Crippen molar-refractivity contribution in [3.63, 3.8) is 0 Å². The lowest BCUT2D eigenvalue weighted by Gasteiger charge is -2.23. The summed E-state index contributed by atoms with van der Waals surface area (Å²) in [6.07, 6.45) is 0.820. The van der Waals surface area contributed by atoms with Gasteiger partial charge in [0, 0.05) is 31.3 Å². The van der Waals surface area contributed by atoms with Gasteiger partial charge in [0.1, 0.15) is 0 Å². The molecule has 2 rings (SSSR count). The van der Waals surface area contributed by atoms with E-state index < -0.39 is 0 Å². The summed E-state index contributed by atoms with van der Waals surface area (Å²) in [5, 5.41) is 2.68. The molecule has 0 saturated heterocycles. The van der Waals surface area contributed by atoms with Gasteiger partial charge in [0.15, 0.2) is 0 Å². The van der Waals surface area contributed by atoms with Gasteiger partial charge >= 0.3 is 5.97 Å². The first-order valence-electron chi connectivity index (χ1n) is 9.36. The number of nitrogens with zero attached hydrogens (tertiary/aromatic N) is 1. The average molecular weight is 382 g/mol. The topological polar surface area (TPSA) is 75.7 Å². The van der Waals surface area contributed by atoms with E-state index in [4.69, 9.17) is 4.74 Å². The van der Waals surface area contributed by atoms with Crippen LogP contribution in [0.15, 0.2) is 54.6 Å². The molecule has 0 atom stereocenters. The maximum atomic E-state index is 13.0. The van der Waals surface area contributed by atoms with Crippen molar-refractivity contribution < 1.29 is 19.1 Å². The van der Waals surface area contributed by atoms with Gasteiger partial charge in [-0.05, 0) is 37.1 Å². The van der Waals surface area contributed by atoms with Crippen LogP contribution in [0.25, 0.3) is 0 Å². The van der Waals surface area contributed by atoms with Crippen LogP contribution in [0, 0.1) is 0 Å². The second-order valence-corrected chi connectivity index (χ2v) is 6.34. The van der Waals surface area contributed by atoms with Gasteiger partial charge in [-0.25, -0.2) is 0 Å². The zero-order valence-electron chi connectivity index (χ0n) is 16.3. The monoisotopic (exact) mass is 382 g/mol. The van der Waals surface area contributed by atoms with Crippen LogP contribution < -0.4 is 5.32 Å². The summed E-state index contributed by atoms with van der Waals surface area (Å²) in [7, 11) is 0. The quantitative estimate of drug-likeness (QED) is 0.675. The molecule has 0 bridgehead atoms. The minimum atomic E-state index is -0.327. The van der Waals surface area contributed by atoms with Crippen molar-refractivity contribution in [2.45, 2.75) is 26.7 Å². The normalized spacial score (nSPS) is 10.2. The Labute approximate surface area is 165 Å². The number of carbonyl (C=O) groups excluding carboxylic acids is 3. The van der Waals surface area contributed by atoms with Crippen LogP contribution in [0.2, 0.25) is 0 Å². The molecule has 0 saturated carbocycles. The van der Waals surface area contributed by atoms with Crippen LogP contribution >= 0.6 is 0 Å². The Balaban J connectivity index is 2.12. The average Bonchev–Trinajstić information content (AvgIpc) is 2.68. The summed E-state index contributed by atoms with van der Waals surface area (Å²) in [5.74, 6) is -0.715. The molecule has 28 heavy (non-hydrogen) atoms. The molecule has 0 heterocycles. The van der Waals surface area contributed by atoms with Gasteiger partial charge in [-0.3, -0.25) is 14.4 Å². The fourth-order valence-electron chi connectivity index (χ4n) is 2.80. The molecular formula is C22H26N2O4. The smallest absolute Gasteiger partial charge is 0.307 e. The van der Waals surface area contributed by atoms with Crippen LogP contribution in [0.5, 0.6) is 0 Å². The van der Waals surface area contributed by atoms with Crippen molar-refractivity contribution in [1.82, 2.24) is 4.90 Å². The Morgan fingerprint density at radius 2 is 1.75 bits per heavy atom. The highest BCUT2D eigenvalue weighted by molar-refractivity contribution is 5.97. The molecular weight excluding hydrogens is 356 g/mol. The summed E-state index contributed by atoms with van der Waals surface area (Å²) >= 11 is 0. The molecule has 0 radical (unpaired) electrons. The number of nitrogens with one attached hydrogen (secondary N) is 1. The fourth-order valence-corrected chi connectivity index (χ4v) is 2.80. The van der Waals surface area contributed by atoms with E-state index in [0.717, 1.165) is 5.56 Å². The first kappa shape index (κ1) is 21.2. The molecule has 1 N–H and O–H groups in total. The van der Waals surface area contributed by atoms with Gasteiger partial charge in [0.05, 0.1) is 13.0 Å². The SMILES string of the molecule is CCOC(=O)CCN(CCc1ccccc1)C(=O)c1cccc(NC(C)=O)c1. The third-order valence-electron chi connectivity index (χ3n) is 4.12. The van der Waals surface area contributed by atoms with Gasteiger partial charge < -0.3 is 15.0 Å². The van der Waals surface area contributed by atoms with Gasteiger partial charge in [-0.2, -0.15) is 0 Å². The number of carbonyl (C=O) groups is 3. The Morgan fingerprint density at radius 1 is 1.00 bits per heavy atom. The van der Waals surface area contributed by atoms with Crippen LogP contribution in [0.1, 0.15) is 36.2 Å². The molecule has 148 valence electrons. The van der Waals surface area contributed by atoms with E-state index in [1.807, 2.05) is 30.3 Å². The molecule has 0 fully saturated rings. The number of rotatable bonds is 9. The molecule has 2 amide bonds. The number of benzene rings is 2. The summed E-state index contributed by atoms with van der Waals surface area (Å²) in [6.45, 7) is 4.24. The Bertz CT molecular complexity index is 805. The van der Waals surface area contributed by atoms with Crippen molar-refractivity contribution in [3.05, 3.63) is 65.7 Å². The van der Waals surface area contributed by atoms with Crippen LogP contribution in [0.3, 0.4) is 0 Å². The lowest BCUT2D eigenvalue weighted by molar-refractivity contribution is -0.143. The van der Waals surface area contributed by atoms with E-state index in [9.17, 15) is 14.4 Å². The predicted octanol–water partition coefficient (Wildman–Crippen LogP) is 3.28. The minimum Gasteiger partial charge on any atom is -0.466 e. The molecule has 2 aromatic carbocycles. The number of hydrogen-bond donors (Lipinski definition) is 1. The van der Waals surface area contributed by atoms with Crippen LogP contribution in [-0.4, -0.2) is 42.4 Å². The van der Waals surface area contributed by atoms with Crippen LogP contribution in [0.4, 0.5) is 5.69 Å². The second kappa shape index (κ2) is 10.9. The molecule has 2 aromatic rings. The van der Waals surface area contributed by atoms with Crippen molar-refractivity contribution in [2.24, 2.45) is 0 Å². The Morgan fingerprint density at radius 3 is 2.43 bits per heavy atom. The Kier molecular flexibility index (Phi) is 8.21. The number of hydrogen-bond acceptors (Lipinski definition) is 4. The summed E-state index contributed by atoms with van der Waals surface area (Å²) in [6, 6.07) is 16.7. The molecule has 6 nitrogen and oxygen atoms in total. The molecule has 0 aliphatic rings. The predicted molar refractivity (Wildman–Crippen MR) is 108 cm³/mol. The maximum Gasteiger partial charge on any atom is 0.307 e. The van der Waals surface area contributed by atoms with E-state index in [1.165, 1.54) is 6.92 Å². The van der Waals surface area contributed by atoms with E-state index in [-0.39, 0.29) is 30.7 Å². The summed E-state index contributed by atoms with van der Waals surface area (Å²) in [5.41, 5.74) is 2.14. The summed E-state index contributed by atoms with van der Waals surface area (Å²) < 4.78 is 4.98. The standard InChI is InChI=1S/C22H26N2O4/c1-3-28-21(26)13-15-24(14-12-18-8-5-4-6-9-18)22(27)19-10-7-11-20(16-19)23-17(2)25/h4-11,16H,3,12-15H2,1-2H3,(H,23,25). The Hall–Kier alpha value is -3.15. The van der Waals surface area contributed by atoms with E-state index >= 15 is 0 Å². The lowest BCUT2D eigenvalue weighted by Crippen LogP contribution is -2.35. The second-order valence-electron chi connectivity index (χ2n) is 6.34. The highest BCUT2D eigenvalue weighted by Crippen LogP contribution is 2.14. The molecule has 0 aliphatic carbocycles. The van der Waals surface area contributed by atoms with E-state index in [1.54, 1.807) is 36.1 Å². The molecule has 6 heteroatoms. The van der Waals surface area contributed by atoms with Gasteiger partial charge in [-0.15, -0.1) is 0 Å². The molecule has 0 spiro atoms. The third-order valence-corrected chi connectivity index (χ3v) is 4.12. The van der Waals surface area contributed by atoms with Gasteiger partial charge in [0.2, 0.25) is 5.91 Å². The minimum absolute atomic E-state index is 0.139. The van der Waals surface area contributed by atoms with E-state index in [2.05, 4.69) is 5.32 Å². The van der Waals surface area contributed by atoms with Crippen molar-refractivity contribution >= 4 is 23.5 Å². The highest BCUT2D eigenvalue weighted by atomic mass is 16.5. The number of anilines is 1. The number of ether oxygens (including phenoxy) is 1. The van der Waals surface area contributed by atoms with Crippen LogP contribution in [-0.2, 0) is 20.7 Å². The largest absolute Gasteiger partial charge is 0.466 e. The zero-order valence-corrected chi connectivity index (χ0v) is 16.3. The maximum absolute atomic E-state index is 13.0. The van der Waals surface area contributed by atoms with Gasteiger partial charge in [-0.1, -0.05) is 36.4 Å². The van der Waals surface area contributed by atoms with Gasteiger partial charge in [0.25, 0.3) is 5.91 Å². The first-order chi connectivity index (χ1) is 13.5. The highest BCUT2D eigenvalue weighted by Gasteiger charge is 2.18. The fraction of sp³-hybridized carbons (Fsp3) is 0.318. The number of amides is 2. The lowest BCUT2D eigenvalue weighted by atomic mass is 10.1. The zero-order chi connectivity index (χ0) is 20.4. The first-order valence-corrected chi connectivity index (χ1v) is 9.36. The molecule has 0 aromatic heterocycles. The van der Waals surface area contributed by atoms with Crippen molar-refractivity contribution in [2.75, 3.05) is 25.0 Å². The summed E-state index contributed by atoms with van der Waals surface area (Å²) in [4.78, 5) is 37.7. The third kappa shape index (κ3) is 6.87. The van der Waals surface area contributed by atoms with E-state index in [0.29, 0.717) is 30.8 Å². The van der Waals surface area contributed by atoms with Crippen molar-refractivity contribution in [1.29, 1.82) is 0 Å². The number of esters is 1. The molecule has 0 unspecified atom stereocenters.